The predicted molar refractivity (Wildman–Crippen MR) is 107 cm³/mol. The third-order valence-corrected chi connectivity index (χ3v) is 5.71. The summed E-state index contributed by atoms with van der Waals surface area (Å²) in [5.41, 5.74) is 12.2. The standard InChI is InChI=1S/C19H20FN9O/c20-12-1-2-14(29-23-4-5-24-29)13(7-12)18(30)27-6-3-11-9-28(15(11)10-27)17-8-16(21)25-19(22)26-17/h1-2,4-5,7-8,11,15H,3,6,9-10H2,(H4,21,22,25,26). The molecule has 0 spiro atoms. The second kappa shape index (κ2) is 6.94. The van der Waals surface area contributed by atoms with E-state index in [-0.39, 0.29) is 23.5 Å². The van der Waals surface area contributed by atoms with Gasteiger partial charge < -0.3 is 21.3 Å². The number of piperidine rings is 1. The number of likely N-dealkylation sites (tertiary alicyclic amines) is 1. The second-order valence-electron chi connectivity index (χ2n) is 7.51. The smallest absolute Gasteiger partial charge is 0.256 e. The molecular formula is C19H20FN9O. The SMILES string of the molecule is Nc1cc(N2CC3CCN(C(=O)c4cc(F)ccc4-n4nccn4)CC32)nc(N)n1. The van der Waals surface area contributed by atoms with E-state index in [1.165, 1.54) is 35.4 Å². The van der Waals surface area contributed by atoms with Crippen LogP contribution in [-0.2, 0) is 0 Å². The summed E-state index contributed by atoms with van der Waals surface area (Å²) in [5.74, 6) is 0.790. The van der Waals surface area contributed by atoms with Crippen LogP contribution in [0.5, 0.6) is 0 Å². The Morgan fingerprint density at radius 3 is 2.67 bits per heavy atom. The lowest BCUT2D eigenvalue weighted by atomic mass is 9.82. The number of benzene rings is 1. The lowest BCUT2D eigenvalue weighted by molar-refractivity contribution is 0.0590. The molecule has 10 nitrogen and oxygen atoms in total. The fourth-order valence-corrected chi connectivity index (χ4v) is 4.23. The van der Waals surface area contributed by atoms with Gasteiger partial charge in [-0.15, -0.1) is 0 Å². The van der Waals surface area contributed by atoms with Crippen LogP contribution in [0.4, 0.5) is 22.0 Å². The number of nitrogen functional groups attached to an aromatic ring is 2. The zero-order valence-electron chi connectivity index (χ0n) is 16.0. The lowest BCUT2D eigenvalue weighted by Crippen LogP contribution is -2.65. The van der Waals surface area contributed by atoms with Gasteiger partial charge >= 0.3 is 0 Å². The van der Waals surface area contributed by atoms with E-state index in [0.29, 0.717) is 36.3 Å². The molecule has 0 saturated carbocycles. The number of fused-ring (bicyclic) bond motifs is 1. The van der Waals surface area contributed by atoms with E-state index in [9.17, 15) is 9.18 Å². The minimum atomic E-state index is -0.485. The van der Waals surface area contributed by atoms with Crippen molar-refractivity contribution in [2.24, 2.45) is 5.92 Å². The van der Waals surface area contributed by atoms with Gasteiger partial charge in [-0.05, 0) is 24.6 Å². The third-order valence-electron chi connectivity index (χ3n) is 5.71. The number of hydrogen-bond acceptors (Lipinski definition) is 8. The van der Waals surface area contributed by atoms with E-state index < -0.39 is 5.82 Å². The number of aromatic nitrogens is 5. The number of halogens is 1. The van der Waals surface area contributed by atoms with E-state index in [1.54, 1.807) is 11.0 Å². The average Bonchev–Trinajstić information content (AvgIpc) is 3.22. The van der Waals surface area contributed by atoms with Crippen molar-refractivity contribution < 1.29 is 9.18 Å². The Morgan fingerprint density at radius 1 is 1.10 bits per heavy atom. The highest BCUT2D eigenvalue weighted by molar-refractivity contribution is 5.98. The van der Waals surface area contributed by atoms with Crippen LogP contribution in [-0.4, -0.2) is 61.4 Å². The lowest BCUT2D eigenvalue weighted by Gasteiger charge is -2.54. The molecule has 2 fully saturated rings. The summed E-state index contributed by atoms with van der Waals surface area (Å²) in [7, 11) is 0. The predicted octanol–water partition coefficient (Wildman–Crippen LogP) is 0.712. The molecular weight excluding hydrogens is 389 g/mol. The van der Waals surface area contributed by atoms with Crippen molar-refractivity contribution in [3.8, 4) is 5.69 Å². The maximum absolute atomic E-state index is 14.0. The number of nitrogens with two attached hydrogens (primary N) is 2. The summed E-state index contributed by atoms with van der Waals surface area (Å²) in [5, 5.41) is 8.15. The van der Waals surface area contributed by atoms with E-state index in [2.05, 4.69) is 25.1 Å². The Kier molecular flexibility index (Phi) is 4.23. The summed E-state index contributed by atoms with van der Waals surface area (Å²) >= 11 is 0. The molecule has 2 aliphatic rings. The Labute approximate surface area is 171 Å². The molecule has 0 aliphatic carbocycles. The molecule has 0 radical (unpaired) electrons. The fourth-order valence-electron chi connectivity index (χ4n) is 4.23. The molecule has 4 N–H and O–H groups in total. The van der Waals surface area contributed by atoms with Gasteiger partial charge in [0.15, 0.2) is 0 Å². The van der Waals surface area contributed by atoms with Crippen LogP contribution in [0.2, 0.25) is 0 Å². The van der Waals surface area contributed by atoms with Crippen LogP contribution in [0.3, 0.4) is 0 Å². The minimum absolute atomic E-state index is 0.0937. The van der Waals surface area contributed by atoms with Gasteiger partial charge in [-0.3, -0.25) is 4.79 Å². The first kappa shape index (κ1) is 18.3. The molecule has 2 atom stereocenters. The van der Waals surface area contributed by atoms with Crippen molar-refractivity contribution in [1.29, 1.82) is 0 Å². The van der Waals surface area contributed by atoms with Gasteiger partial charge in [-0.1, -0.05) is 0 Å². The molecule has 5 rings (SSSR count). The van der Waals surface area contributed by atoms with Gasteiger partial charge in [0, 0.05) is 31.6 Å². The van der Waals surface area contributed by atoms with Crippen molar-refractivity contribution in [3.63, 3.8) is 0 Å². The van der Waals surface area contributed by atoms with Gasteiger partial charge in [0.2, 0.25) is 5.95 Å². The van der Waals surface area contributed by atoms with Crippen LogP contribution < -0.4 is 16.4 Å². The second-order valence-corrected chi connectivity index (χ2v) is 7.51. The van der Waals surface area contributed by atoms with E-state index in [0.717, 1.165) is 13.0 Å². The largest absolute Gasteiger partial charge is 0.383 e. The van der Waals surface area contributed by atoms with Crippen LogP contribution in [0.25, 0.3) is 5.69 Å². The van der Waals surface area contributed by atoms with Gasteiger partial charge in [0.1, 0.15) is 17.5 Å². The van der Waals surface area contributed by atoms with E-state index in [1.807, 2.05) is 0 Å². The van der Waals surface area contributed by atoms with Crippen molar-refractivity contribution >= 4 is 23.5 Å². The van der Waals surface area contributed by atoms with Crippen LogP contribution in [0.15, 0.2) is 36.7 Å². The monoisotopic (exact) mass is 409 g/mol. The van der Waals surface area contributed by atoms with Crippen molar-refractivity contribution in [2.75, 3.05) is 36.0 Å². The highest BCUT2D eigenvalue weighted by atomic mass is 19.1. The third kappa shape index (κ3) is 3.08. The van der Waals surface area contributed by atoms with Crippen LogP contribution in [0.1, 0.15) is 16.8 Å². The minimum Gasteiger partial charge on any atom is -0.383 e. The molecule has 1 amide bonds. The van der Waals surface area contributed by atoms with Crippen molar-refractivity contribution in [1.82, 2.24) is 29.9 Å². The maximum atomic E-state index is 14.0. The number of anilines is 3. The first-order chi connectivity index (χ1) is 14.5. The Hall–Kier alpha value is -3.76. The highest BCUT2D eigenvalue weighted by Gasteiger charge is 2.44. The molecule has 2 unspecified atom stereocenters. The van der Waals surface area contributed by atoms with Gasteiger partial charge in [0.05, 0.1) is 29.7 Å². The summed E-state index contributed by atoms with van der Waals surface area (Å²) in [6.07, 6.45) is 3.87. The van der Waals surface area contributed by atoms with Crippen molar-refractivity contribution in [2.45, 2.75) is 12.5 Å². The molecule has 11 heteroatoms. The van der Waals surface area contributed by atoms with Crippen LogP contribution >= 0.6 is 0 Å². The summed E-state index contributed by atoms with van der Waals surface area (Å²) in [6.45, 7) is 1.92. The molecule has 4 heterocycles. The molecule has 0 bridgehead atoms. The van der Waals surface area contributed by atoms with Gasteiger partial charge in [0.25, 0.3) is 5.91 Å². The number of carbonyl (C=O) groups is 1. The first-order valence-electron chi connectivity index (χ1n) is 9.62. The molecule has 30 heavy (non-hydrogen) atoms. The van der Waals surface area contributed by atoms with Crippen molar-refractivity contribution in [3.05, 3.63) is 48.0 Å². The van der Waals surface area contributed by atoms with E-state index >= 15 is 0 Å². The molecule has 2 saturated heterocycles. The zero-order valence-corrected chi connectivity index (χ0v) is 16.0. The number of carbonyl (C=O) groups excluding carboxylic acids is 1. The number of rotatable bonds is 3. The summed E-state index contributed by atoms with van der Waals surface area (Å²) in [4.78, 5) is 26.6. The Morgan fingerprint density at radius 2 is 1.90 bits per heavy atom. The number of amides is 1. The molecule has 1 aromatic carbocycles. The fraction of sp³-hybridized carbons (Fsp3) is 0.316. The normalized spacial score (nSPS) is 20.6. The summed E-state index contributed by atoms with van der Waals surface area (Å²) in [6, 6.07) is 5.81. The zero-order chi connectivity index (χ0) is 20.8. The number of nitrogens with zero attached hydrogens (tertiary/aromatic N) is 7. The molecule has 2 aromatic heterocycles. The first-order valence-corrected chi connectivity index (χ1v) is 9.62. The maximum Gasteiger partial charge on any atom is 0.256 e. The van der Waals surface area contributed by atoms with Gasteiger partial charge in [-0.2, -0.15) is 25.0 Å². The molecule has 3 aromatic rings. The van der Waals surface area contributed by atoms with E-state index in [4.69, 9.17) is 11.5 Å². The summed E-state index contributed by atoms with van der Waals surface area (Å²) < 4.78 is 14.0. The highest BCUT2D eigenvalue weighted by Crippen LogP contribution is 2.36. The average molecular weight is 409 g/mol. The quantitative estimate of drug-likeness (QED) is 0.646. The van der Waals surface area contributed by atoms with Crippen LogP contribution in [0, 0.1) is 11.7 Å². The molecule has 2 aliphatic heterocycles. The molecule has 154 valence electrons. The Balaban J connectivity index is 1.40. The van der Waals surface area contributed by atoms with Gasteiger partial charge in [-0.25, -0.2) is 4.39 Å². The Bertz CT molecular complexity index is 1080. The number of hydrogen-bond donors (Lipinski definition) is 2. The topological polar surface area (TPSA) is 132 Å².